The molecule has 76 valence electrons. The van der Waals surface area contributed by atoms with E-state index in [0.717, 1.165) is 6.20 Å². The summed E-state index contributed by atoms with van der Waals surface area (Å²) < 4.78 is 0.444. The summed E-state index contributed by atoms with van der Waals surface area (Å²) in [5.41, 5.74) is -0.264. The second-order valence-electron chi connectivity index (χ2n) is 2.92. The van der Waals surface area contributed by atoms with Crippen LogP contribution in [-0.4, -0.2) is 4.92 Å². The highest BCUT2D eigenvalue weighted by molar-refractivity contribution is 6.35. The summed E-state index contributed by atoms with van der Waals surface area (Å²) in [5, 5.41) is 22.8. The maximum atomic E-state index is 11.4. The van der Waals surface area contributed by atoms with Gasteiger partial charge in [-0.3, -0.25) is 10.1 Å². The van der Waals surface area contributed by atoms with E-state index in [2.05, 4.69) is 0 Å². The van der Waals surface area contributed by atoms with Gasteiger partial charge in [0.05, 0.1) is 15.3 Å². The predicted octanol–water partition coefficient (Wildman–Crippen LogP) is 2.03. The van der Waals surface area contributed by atoms with E-state index in [1.54, 1.807) is 6.07 Å². The van der Waals surface area contributed by atoms with E-state index in [9.17, 15) is 15.3 Å². The van der Waals surface area contributed by atoms with Gasteiger partial charge in [-0.05, 0) is 6.07 Å². The number of benzene rings is 1. The van der Waals surface area contributed by atoms with Crippen molar-refractivity contribution in [2.24, 2.45) is 0 Å². The van der Waals surface area contributed by atoms with Gasteiger partial charge in [0, 0.05) is 12.1 Å². The van der Waals surface area contributed by atoms with E-state index >= 15 is 0 Å². The van der Waals surface area contributed by atoms with E-state index in [0.29, 0.717) is 15.1 Å². The van der Waals surface area contributed by atoms with Crippen molar-refractivity contribution < 1.29 is 9.65 Å². The molecule has 0 bridgehead atoms. The van der Waals surface area contributed by atoms with Gasteiger partial charge < -0.3 is 5.21 Å². The van der Waals surface area contributed by atoms with Crippen LogP contribution in [0.5, 0.6) is 0 Å². The van der Waals surface area contributed by atoms with Gasteiger partial charge in [-0.15, -0.1) is 0 Å². The summed E-state index contributed by atoms with van der Waals surface area (Å²) in [6.45, 7) is 0. The Labute approximate surface area is 89.2 Å². The second kappa shape index (κ2) is 3.36. The van der Waals surface area contributed by atoms with Crippen LogP contribution in [0.4, 0.5) is 5.69 Å². The fourth-order valence-electron chi connectivity index (χ4n) is 1.40. The minimum absolute atomic E-state index is 0.0185. The van der Waals surface area contributed by atoms with Crippen molar-refractivity contribution in [1.29, 1.82) is 0 Å². The molecular weight excluding hydrogens is 220 g/mol. The average molecular weight is 225 g/mol. The Morgan fingerprint density at radius 2 is 2.07 bits per heavy atom. The molecule has 0 fully saturated rings. The minimum atomic E-state index is -0.604. The van der Waals surface area contributed by atoms with Crippen molar-refractivity contribution >= 4 is 28.2 Å². The van der Waals surface area contributed by atoms with Crippen molar-refractivity contribution in [2.45, 2.75) is 0 Å². The van der Waals surface area contributed by atoms with E-state index < -0.39 is 4.92 Å². The van der Waals surface area contributed by atoms with Crippen LogP contribution in [0.15, 0.2) is 30.5 Å². The number of fused-ring (bicyclic) bond motifs is 1. The molecule has 0 atom stereocenters. The molecule has 2 rings (SSSR count). The number of halogens is 1. The highest BCUT2D eigenvalue weighted by Gasteiger charge is 2.20. The molecule has 15 heavy (non-hydrogen) atoms. The molecule has 0 N–H and O–H groups in total. The Morgan fingerprint density at radius 3 is 2.73 bits per heavy atom. The SMILES string of the molecule is O=[N+]([O-])c1cccc2c(Cl)cc[n+]([O-])c12. The van der Waals surface area contributed by atoms with Crippen LogP contribution in [0, 0.1) is 15.3 Å². The average Bonchev–Trinajstić information content (AvgIpc) is 2.23. The smallest absolute Gasteiger partial charge is 0.341 e. The van der Waals surface area contributed by atoms with Crippen molar-refractivity contribution in [1.82, 2.24) is 0 Å². The van der Waals surface area contributed by atoms with E-state index in [1.807, 2.05) is 0 Å². The molecule has 0 aliphatic heterocycles. The molecule has 5 nitrogen and oxygen atoms in total. The summed E-state index contributed by atoms with van der Waals surface area (Å²) in [5.74, 6) is 0. The maximum Gasteiger partial charge on any atom is 0.341 e. The minimum Gasteiger partial charge on any atom is -0.618 e. The number of nitro benzene ring substituents is 1. The zero-order valence-electron chi connectivity index (χ0n) is 7.38. The fraction of sp³-hybridized carbons (Fsp3) is 0. The summed E-state index contributed by atoms with van der Waals surface area (Å²) in [4.78, 5) is 10.1. The number of non-ortho nitro benzene ring substituents is 1. The first-order valence-electron chi connectivity index (χ1n) is 4.06. The Kier molecular flexibility index (Phi) is 2.17. The topological polar surface area (TPSA) is 70.1 Å². The molecule has 0 aliphatic carbocycles. The number of rotatable bonds is 1. The van der Waals surface area contributed by atoms with Crippen LogP contribution in [-0.2, 0) is 0 Å². The van der Waals surface area contributed by atoms with Crippen LogP contribution in [0.3, 0.4) is 0 Å². The van der Waals surface area contributed by atoms with Crippen LogP contribution >= 0.6 is 11.6 Å². The number of pyridine rings is 1. The van der Waals surface area contributed by atoms with Gasteiger partial charge in [-0.25, -0.2) is 0 Å². The molecule has 1 heterocycles. The summed E-state index contributed by atoms with van der Waals surface area (Å²) >= 11 is 5.83. The molecule has 0 unspecified atom stereocenters. The maximum absolute atomic E-state index is 11.4. The van der Waals surface area contributed by atoms with E-state index in [1.165, 1.54) is 18.2 Å². The molecule has 1 aromatic carbocycles. The Morgan fingerprint density at radius 1 is 1.33 bits per heavy atom. The van der Waals surface area contributed by atoms with Crippen LogP contribution < -0.4 is 4.73 Å². The number of hydrogen-bond donors (Lipinski definition) is 0. The second-order valence-corrected chi connectivity index (χ2v) is 3.33. The molecule has 0 saturated carbocycles. The lowest BCUT2D eigenvalue weighted by Crippen LogP contribution is -2.26. The van der Waals surface area contributed by atoms with Gasteiger partial charge in [-0.2, -0.15) is 4.73 Å². The lowest BCUT2D eigenvalue weighted by atomic mass is 10.2. The molecule has 6 heteroatoms. The lowest BCUT2D eigenvalue weighted by molar-refractivity contribution is -0.580. The molecule has 2 aromatic rings. The highest BCUT2D eigenvalue weighted by Crippen LogP contribution is 2.26. The van der Waals surface area contributed by atoms with Crippen LogP contribution in [0.25, 0.3) is 10.9 Å². The molecule has 0 amide bonds. The largest absolute Gasteiger partial charge is 0.618 e. The Balaban J connectivity index is 2.96. The number of aromatic nitrogens is 1. The summed E-state index contributed by atoms with van der Waals surface area (Å²) in [6, 6.07) is 5.74. The quantitative estimate of drug-likeness (QED) is 0.322. The van der Waals surface area contributed by atoms with Crippen LogP contribution in [0.2, 0.25) is 5.02 Å². The molecule has 1 aromatic heterocycles. The number of hydrogen-bond acceptors (Lipinski definition) is 3. The van der Waals surface area contributed by atoms with Gasteiger partial charge in [-0.1, -0.05) is 17.7 Å². The summed E-state index contributed by atoms with van der Waals surface area (Å²) in [7, 11) is 0. The van der Waals surface area contributed by atoms with Gasteiger partial charge in [0.1, 0.15) is 0 Å². The Bertz CT molecular complexity index is 556. The standard InChI is InChI=1S/C9H5ClN2O3/c10-7-4-5-11(13)9-6(7)2-1-3-8(9)12(14)15/h1-5H. The third-order valence-corrected chi connectivity index (χ3v) is 2.37. The molecule has 0 saturated heterocycles. The first-order valence-corrected chi connectivity index (χ1v) is 4.44. The van der Waals surface area contributed by atoms with Crippen molar-refractivity contribution in [2.75, 3.05) is 0 Å². The summed E-state index contributed by atoms with van der Waals surface area (Å²) in [6.07, 6.45) is 1.15. The van der Waals surface area contributed by atoms with Gasteiger partial charge >= 0.3 is 11.2 Å². The first-order chi connectivity index (χ1) is 7.11. The zero-order chi connectivity index (χ0) is 11.0. The number of nitrogens with zero attached hydrogens (tertiary/aromatic N) is 2. The Hall–Kier alpha value is -1.88. The van der Waals surface area contributed by atoms with Crippen molar-refractivity contribution in [3.63, 3.8) is 0 Å². The van der Waals surface area contributed by atoms with E-state index in [-0.39, 0.29) is 11.2 Å². The van der Waals surface area contributed by atoms with Crippen molar-refractivity contribution in [3.05, 3.63) is 50.8 Å². The van der Waals surface area contributed by atoms with Crippen molar-refractivity contribution in [3.8, 4) is 0 Å². The molecule has 0 aliphatic rings. The van der Waals surface area contributed by atoms with Gasteiger partial charge in [0.15, 0.2) is 6.20 Å². The predicted molar refractivity (Wildman–Crippen MR) is 54.6 cm³/mol. The molecule has 0 spiro atoms. The third-order valence-electron chi connectivity index (χ3n) is 2.05. The molecular formula is C9H5ClN2O3. The monoisotopic (exact) mass is 224 g/mol. The third kappa shape index (κ3) is 1.46. The lowest BCUT2D eigenvalue weighted by Gasteiger charge is -2.02. The number of para-hydroxylation sites is 1. The zero-order valence-corrected chi connectivity index (χ0v) is 8.14. The number of nitro groups is 1. The molecule has 0 radical (unpaired) electrons. The van der Waals surface area contributed by atoms with Gasteiger partial charge in [0.2, 0.25) is 0 Å². The normalized spacial score (nSPS) is 10.5. The van der Waals surface area contributed by atoms with E-state index in [4.69, 9.17) is 11.6 Å². The fourth-order valence-corrected chi connectivity index (χ4v) is 1.61. The first kappa shape index (κ1) is 9.67. The highest BCUT2D eigenvalue weighted by atomic mass is 35.5. The van der Waals surface area contributed by atoms with Gasteiger partial charge in [0.25, 0.3) is 0 Å². The van der Waals surface area contributed by atoms with Crippen LogP contribution in [0.1, 0.15) is 0 Å².